The summed E-state index contributed by atoms with van der Waals surface area (Å²) in [4.78, 5) is 0. The first-order chi connectivity index (χ1) is 21.3. The SMILES string of the molecule is COC(C)COC(C)COC(C)COC(C)COC(C)CO.OCCOCCOCCOCCOCCOCCOCCO. The molecule has 0 aliphatic heterocycles. The van der Waals surface area contributed by atoms with Crippen LogP contribution in [-0.2, 0) is 52.1 Å². The number of ether oxygens (including phenoxy) is 11. The van der Waals surface area contributed by atoms with Gasteiger partial charge in [-0.25, -0.2) is 0 Å². The van der Waals surface area contributed by atoms with Gasteiger partial charge in [0.1, 0.15) is 0 Å². The molecule has 0 radical (unpaired) electrons. The summed E-state index contributed by atoms with van der Waals surface area (Å²) in [6.07, 6.45) is -0.0938. The van der Waals surface area contributed by atoms with Crippen molar-refractivity contribution in [2.75, 3.05) is 133 Å². The molecule has 14 heteroatoms. The molecule has 0 aromatic carbocycles. The molecule has 0 fully saturated rings. The number of aliphatic hydroxyl groups excluding tert-OH is 3. The summed E-state index contributed by atoms with van der Waals surface area (Å²) in [6.45, 7) is 17.5. The van der Waals surface area contributed by atoms with Crippen LogP contribution in [0.1, 0.15) is 34.6 Å². The molecular weight excluding hydrogens is 584 g/mol. The Morgan fingerprint density at radius 2 is 0.614 bits per heavy atom. The van der Waals surface area contributed by atoms with Crippen LogP contribution in [0.15, 0.2) is 0 Å². The van der Waals surface area contributed by atoms with Crippen molar-refractivity contribution < 1.29 is 67.4 Å². The summed E-state index contributed by atoms with van der Waals surface area (Å²) in [5.74, 6) is 0. The molecule has 268 valence electrons. The van der Waals surface area contributed by atoms with E-state index in [4.69, 9.17) is 67.4 Å². The summed E-state index contributed by atoms with van der Waals surface area (Å²) in [6, 6.07) is 0. The summed E-state index contributed by atoms with van der Waals surface area (Å²) in [5, 5.41) is 25.8. The fraction of sp³-hybridized carbons (Fsp3) is 1.00. The number of aliphatic hydroxyl groups is 3. The van der Waals surface area contributed by atoms with Gasteiger partial charge in [-0.15, -0.1) is 0 Å². The minimum Gasteiger partial charge on any atom is -0.394 e. The normalized spacial score (nSPS) is 14.9. The highest BCUT2D eigenvalue weighted by Crippen LogP contribution is 2.02. The topological polar surface area (TPSA) is 162 Å². The summed E-state index contributed by atoms with van der Waals surface area (Å²) in [5.41, 5.74) is 0. The number of hydrogen-bond acceptors (Lipinski definition) is 14. The van der Waals surface area contributed by atoms with Crippen LogP contribution < -0.4 is 0 Å². The average Bonchev–Trinajstić information content (AvgIpc) is 3.03. The Morgan fingerprint density at radius 3 is 0.864 bits per heavy atom. The fourth-order valence-electron chi connectivity index (χ4n) is 2.79. The Labute approximate surface area is 265 Å². The van der Waals surface area contributed by atoms with Gasteiger partial charge in [-0.1, -0.05) is 0 Å². The van der Waals surface area contributed by atoms with Gasteiger partial charge in [0.05, 0.1) is 156 Å². The molecule has 5 unspecified atom stereocenters. The zero-order valence-corrected chi connectivity index (χ0v) is 28.2. The largest absolute Gasteiger partial charge is 0.394 e. The van der Waals surface area contributed by atoms with Crippen LogP contribution in [-0.4, -0.2) is 178 Å². The van der Waals surface area contributed by atoms with Crippen LogP contribution in [0.25, 0.3) is 0 Å². The molecule has 0 aromatic rings. The Morgan fingerprint density at radius 1 is 0.364 bits per heavy atom. The third-order valence-electron chi connectivity index (χ3n) is 5.45. The monoisotopic (exact) mass is 648 g/mol. The van der Waals surface area contributed by atoms with Gasteiger partial charge in [-0.05, 0) is 34.6 Å². The van der Waals surface area contributed by atoms with Crippen molar-refractivity contribution in [1.82, 2.24) is 0 Å². The van der Waals surface area contributed by atoms with E-state index in [9.17, 15) is 0 Å². The lowest BCUT2D eigenvalue weighted by molar-refractivity contribution is -0.0953. The first-order valence-corrected chi connectivity index (χ1v) is 15.6. The summed E-state index contributed by atoms with van der Waals surface area (Å²) >= 11 is 0. The van der Waals surface area contributed by atoms with Crippen molar-refractivity contribution in [1.29, 1.82) is 0 Å². The maximum Gasteiger partial charge on any atom is 0.0781 e. The maximum absolute atomic E-state index is 8.88. The van der Waals surface area contributed by atoms with Gasteiger partial charge in [0.15, 0.2) is 0 Å². The predicted molar refractivity (Wildman–Crippen MR) is 164 cm³/mol. The molecule has 0 heterocycles. The van der Waals surface area contributed by atoms with Gasteiger partial charge in [0, 0.05) is 7.11 Å². The third kappa shape index (κ3) is 37.6. The Balaban J connectivity index is 0. The lowest BCUT2D eigenvalue weighted by Gasteiger charge is -2.21. The summed E-state index contributed by atoms with van der Waals surface area (Å²) < 4.78 is 58.7. The van der Waals surface area contributed by atoms with E-state index in [2.05, 4.69) is 0 Å². The Bertz CT molecular complexity index is 490. The minimum atomic E-state index is -0.160. The molecule has 0 aromatic heterocycles. The quantitative estimate of drug-likeness (QED) is 0.0853. The van der Waals surface area contributed by atoms with Crippen molar-refractivity contribution in [2.45, 2.75) is 65.1 Å². The predicted octanol–water partition coefficient (Wildman–Crippen LogP) is 0.705. The molecule has 5 atom stereocenters. The third-order valence-corrected chi connectivity index (χ3v) is 5.45. The van der Waals surface area contributed by atoms with E-state index in [1.54, 1.807) is 7.11 Å². The number of hydrogen-bond donors (Lipinski definition) is 3. The van der Waals surface area contributed by atoms with Gasteiger partial charge in [-0.3, -0.25) is 0 Å². The van der Waals surface area contributed by atoms with Gasteiger partial charge in [0.25, 0.3) is 0 Å². The van der Waals surface area contributed by atoms with Crippen molar-refractivity contribution in [3.63, 3.8) is 0 Å². The zero-order valence-electron chi connectivity index (χ0n) is 28.2. The molecule has 0 rings (SSSR count). The van der Waals surface area contributed by atoms with Crippen molar-refractivity contribution >= 4 is 0 Å². The molecule has 0 spiro atoms. The van der Waals surface area contributed by atoms with Crippen LogP contribution in [0.4, 0.5) is 0 Å². The molecule has 44 heavy (non-hydrogen) atoms. The molecule has 0 saturated heterocycles. The average molecular weight is 649 g/mol. The summed E-state index contributed by atoms with van der Waals surface area (Å²) in [7, 11) is 1.67. The molecule has 0 saturated carbocycles. The van der Waals surface area contributed by atoms with E-state index in [1.165, 1.54) is 0 Å². The second kappa shape index (κ2) is 36.9. The second-order valence-corrected chi connectivity index (χ2v) is 9.93. The fourth-order valence-corrected chi connectivity index (χ4v) is 2.79. The lowest BCUT2D eigenvalue weighted by atomic mass is 10.3. The number of methoxy groups -OCH3 is 1. The van der Waals surface area contributed by atoms with E-state index in [1.807, 2.05) is 34.6 Å². The van der Waals surface area contributed by atoms with Gasteiger partial charge in [0.2, 0.25) is 0 Å². The Kier molecular flexibility index (Phi) is 38.2. The zero-order chi connectivity index (χ0) is 33.1. The van der Waals surface area contributed by atoms with Crippen LogP contribution >= 0.6 is 0 Å². The van der Waals surface area contributed by atoms with Crippen LogP contribution in [0.3, 0.4) is 0 Å². The van der Waals surface area contributed by atoms with E-state index in [0.717, 1.165) is 0 Å². The van der Waals surface area contributed by atoms with Crippen molar-refractivity contribution in [3.05, 3.63) is 0 Å². The molecule has 0 amide bonds. The molecular formula is C30H64O14. The van der Waals surface area contributed by atoms with E-state index in [-0.39, 0.29) is 50.3 Å². The molecule has 3 N–H and O–H groups in total. The molecule has 0 aliphatic carbocycles. The van der Waals surface area contributed by atoms with Gasteiger partial charge >= 0.3 is 0 Å². The lowest BCUT2D eigenvalue weighted by Crippen LogP contribution is -2.28. The van der Waals surface area contributed by atoms with Crippen LogP contribution in [0.5, 0.6) is 0 Å². The van der Waals surface area contributed by atoms with Gasteiger partial charge in [-0.2, -0.15) is 0 Å². The first-order valence-electron chi connectivity index (χ1n) is 15.6. The van der Waals surface area contributed by atoms with E-state index >= 15 is 0 Å². The highest BCUT2D eigenvalue weighted by atomic mass is 16.6. The highest BCUT2D eigenvalue weighted by Gasteiger charge is 2.12. The van der Waals surface area contributed by atoms with Gasteiger partial charge < -0.3 is 67.4 Å². The van der Waals surface area contributed by atoms with Crippen LogP contribution in [0.2, 0.25) is 0 Å². The maximum atomic E-state index is 8.88. The second-order valence-electron chi connectivity index (χ2n) is 9.93. The van der Waals surface area contributed by atoms with E-state index < -0.39 is 0 Å². The van der Waals surface area contributed by atoms with Crippen molar-refractivity contribution in [3.8, 4) is 0 Å². The van der Waals surface area contributed by atoms with Crippen molar-refractivity contribution in [2.24, 2.45) is 0 Å². The standard InChI is InChI=1S/C16H34O6.C14H30O8/c1-12(7-17)19-9-14(3)21-11-16(5)22-10-15(4)20-8-13(2)18-6;15-1-3-17-5-7-19-9-11-21-13-14-22-12-10-20-8-6-18-4-2-16/h12-17H,7-11H2,1-6H3;15-16H,1-14H2. The highest BCUT2D eigenvalue weighted by molar-refractivity contribution is 4.57. The minimum absolute atomic E-state index is 0.0105. The van der Waals surface area contributed by atoms with Crippen LogP contribution in [0, 0.1) is 0 Å². The number of rotatable bonds is 33. The molecule has 0 bridgehead atoms. The molecule has 0 aliphatic rings. The Hall–Kier alpha value is -0.560. The molecule has 14 nitrogen and oxygen atoms in total. The smallest absolute Gasteiger partial charge is 0.0781 e. The van der Waals surface area contributed by atoms with E-state index in [0.29, 0.717) is 106 Å². The first kappa shape index (κ1) is 45.6.